The third kappa shape index (κ3) is 1.71. The lowest BCUT2D eigenvalue weighted by Crippen LogP contribution is -2.25. The number of hydrogen-bond acceptors (Lipinski definition) is 1. The second-order valence-corrected chi connectivity index (χ2v) is 4.27. The predicted octanol–water partition coefficient (Wildman–Crippen LogP) is 3.15. The van der Waals surface area contributed by atoms with Gasteiger partial charge < -0.3 is 10.7 Å². The summed E-state index contributed by atoms with van der Waals surface area (Å²) >= 11 is 0. The molecule has 1 aromatic carbocycles. The molecule has 0 saturated carbocycles. The number of nitrogens with one attached hydrogen (secondary N) is 1. The zero-order chi connectivity index (χ0) is 11.7. The van der Waals surface area contributed by atoms with Crippen molar-refractivity contribution in [3.05, 3.63) is 35.8 Å². The zero-order valence-electron chi connectivity index (χ0n) is 9.63. The fourth-order valence-corrected chi connectivity index (χ4v) is 2.11. The van der Waals surface area contributed by atoms with Gasteiger partial charge in [-0.2, -0.15) is 0 Å². The van der Waals surface area contributed by atoms with Gasteiger partial charge in [-0.3, -0.25) is 0 Å². The Labute approximate surface area is 94.7 Å². The molecule has 0 amide bonds. The van der Waals surface area contributed by atoms with Crippen molar-refractivity contribution in [2.75, 3.05) is 0 Å². The number of fused-ring (bicyclic) bond motifs is 1. The van der Waals surface area contributed by atoms with Gasteiger partial charge in [-0.15, -0.1) is 0 Å². The molecular weight excluding hydrogens is 203 g/mol. The van der Waals surface area contributed by atoms with Crippen LogP contribution in [0.25, 0.3) is 10.9 Å². The summed E-state index contributed by atoms with van der Waals surface area (Å²) in [6.07, 6.45) is 2.76. The molecule has 3 N–H and O–H groups in total. The van der Waals surface area contributed by atoms with E-state index in [0.29, 0.717) is 5.39 Å². The molecule has 0 spiro atoms. The summed E-state index contributed by atoms with van der Waals surface area (Å²) in [4.78, 5) is 3.09. The van der Waals surface area contributed by atoms with Crippen molar-refractivity contribution < 1.29 is 4.39 Å². The Morgan fingerprint density at radius 2 is 2.19 bits per heavy atom. The van der Waals surface area contributed by atoms with Gasteiger partial charge >= 0.3 is 0 Å². The molecule has 1 aromatic heterocycles. The lowest BCUT2D eigenvalue weighted by molar-refractivity contribution is 0.552. The van der Waals surface area contributed by atoms with Crippen molar-refractivity contribution >= 4 is 10.9 Å². The number of aromatic amines is 1. The number of benzene rings is 1. The Bertz CT molecular complexity index is 490. The Kier molecular flexibility index (Phi) is 2.97. The van der Waals surface area contributed by atoms with Crippen molar-refractivity contribution in [2.24, 2.45) is 5.73 Å². The minimum absolute atomic E-state index is 0.0682. The maximum atomic E-state index is 13.7. The quantitative estimate of drug-likeness (QED) is 0.819. The number of halogens is 1. The molecule has 0 fully saturated rings. The SMILES string of the molecule is CC[C@@H](N)[C@H](C)c1c[nH]c2cccc(F)c12. The summed E-state index contributed by atoms with van der Waals surface area (Å²) in [6.45, 7) is 4.09. The van der Waals surface area contributed by atoms with Crippen molar-refractivity contribution in [1.29, 1.82) is 0 Å². The molecule has 2 nitrogen and oxygen atoms in total. The van der Waals surface area contributed by atoms with Crippen LogP contribution in [-0.2, 0) is 0 Å². The molecule has 0 aliphatic rings. The van der Waals surface area contributed by atoms with E-state index in [0.717, 1.165) is 17.5 Å². The number of nitrogens with two attached hydrogens (primary N) is 1. The van der Waals surface area contributed by atoms with Crippen molar-refractivity contribution in [2.45, 2.75) is 32.2 Å². The number of hydrogen-bond donors (Lipinski definition) is 2. The summed E-state index contributed by atoms with van der Waals surface area (Å²) in [6, 6.07) is 5.15. The summed E-state index contributed by atoms with van der Waals surface area (Å²) in [5.74, 6) is -0.0143. The van der Waals surface area contributed by atoms with E-state index in [1.165, 1.54) is 6.07 Å². The Morgan fingerprint density at radius 1 is 1.44 bits per heavy atom. The highest BCUT2D eigenvalue weighted by Crippen LogP contribution is 2.29. The Balaban J connectivity index is 2.53. The van der Waals surface area contributed by atoms with E-state index >= 15 is 0 Å². The van der Waals surface area contributed by atoms with Crippen LogP contribution in [-0.4, -0.2) is 11.0 Å². The topological polar surface area (TPSA) is 41.8 Å². The van der Waals surface area contributed by atoms with Crippen LogP contribution in [0, 0.1) is 5.82 Å². The first-order chi connectivity index (χ1) is 7.65. The largest absolute Gasteiger partial charge is 0.361 e. The first-order valence-corrected chi connectivity index (χ1v) is 5.66. The molecule has 16 heavy (non-hydrogen) atoms. The third-order valence-electron chi connectivity index (χ3n) is 3.29. The van der Waals surface area contributed by atoms with Crippen LogP contribution in [0.4, 0.5) is 4.39 Å². The highest BCUT2D eigenvalue weighted by atomic mass is 19.1. The highest BCUT2D eigenvalue weighted by Gasteiger charge is 2.18. The average Bonchev–Trinajstić information content (AvgIpc) is 2.72. The molecule has 1 heterocycles. The van der Waals surface area contributed by atoms with Crippen LogP contribution < -0.4 is 5.73 Å². The molecule has 0 bridgehead atoms. The van der Waals surface area contributed by atoms with Crippen molar-refractivity contribution in [3.8, 4) is 0 Å². The van der Waals surface area contributed by atoms with E-state index in [4.69, 9.17) is 5.73 Å². The van der Waals surface area contributed by atoms with Gasteiger partial charge in [0.2, 0.25) is 0 Å². The maximum absolute atomic E-state index is 13.7. The van der Waals surface area contributed by atoms with E-state index in [1.807, 2.05) is 26.1 Å². The first-order valence-electron chi connectivity index (χ1n) is 5.66. The zero-order valence-corrected chi connectivity index (χ0v) is 9.63. The Morgan fingerprint density at radius 3 is 2.88 bits per heavy atom. The van der Waals surface area contributed by atoms with Gasteiger partial charge in [-0.25, -0.2) is 4.39 Å². The van der Waals surface area contributed by atoms with E-state index in [9.17, 15) is 4.39 Å². The lowest BCUT2D eigenvalue weighted by atomic mass is 9.92. The maximum Gasteiger partial charge on any atom is 0.132 e. The fourth-order valence-electron chi connectivity index (χ4n) is 2.11. The standard InChI is InChI=1S/C13H17FN2/c1-3-11(15)8(2)9-7-16-12-6-4-5-10(14)13(9)12/h4-8,11,16H,3,15H2,1-2H3/t8-,11-/m1/s1. The second-order valence-electron chi connectivity index (χ2n) is 4.27. The summed E-state index contributed by atoms with van der Waals surface area (Å²) in [5, 5.41) is 0.680. The smallest absolute Gasteiger partial charge is 0.132 e. The molecule has 0 unspecified atom stereocenters. The van der Waals surface area contributed by atoms with Crippen LogP contribution >= 0.6 is 0 Å². The third-order valence-corrected chi connectivity index (χ3v) is 3.29. The van der Waals surface area contributed by atoms with Gasteiger partial charge in [-0.05, 0) is 30.0 Å². The molecule has 2 aromatic rings. The van der Waals surface area contributed by atoms with Crippen LogP contribution in [0.3, 0.4) is 0 Å². The summed E-state index contributed by atoms with van der Waals surface area (Å²) in [5.41, 5.74) is 7.83. The Hall–Kier alpha value is -1.35. The predicted molar refractivity (Wildman–Crippen MR) is 64.9 cm³/mol. The molecule has 0 aliphatic heterocycles. The molecular formula is C13H17FN2. The van der Waals surface area contributed by atoms with E-state index in [2.05, 4.69) is 4.98 Å². The van der Waals surface area contributed by atoms with Gasteiger partial charge in [0.05, 0.1) is 0 Å². The molecule has 0 saturated heterocycles. The lowest BCUT2D eigenvalue weighted by Gasteiger charge is -2.17. The van der Waals surface area contributed by atoms with Gasteiger partial charge in [0.15, 0.2) is 0 Å². The van der Waals surface area contributed by atoms with Crippen molar-refractivity contribution in [1.82, 2.24) is 4.98 Å². The van der Waals surface area contributed by atoms with Gasteiger partial charge in [0.25, 0.3) is 0 Å². The number of H-pyrrole nitrogens is 1. The number of aromatic nitrogens is 1. The minimum Gasteiger partial charge on any atom is -0.361 e. The second kappa shape index (κ2) is 4.26. The van der Waals surface area contributed by atoms with Crippen LogP contribution in [0.5, 0.6) is 0 Å². The van der Waals surface area contributed by atoms with Gasteiger partial charge in [0, 0.05) is 23.1 Å². The fraction of sp³-hybridized carbons (Fsp3) is 0.385. The molecule has 86 valence electrons. The molecule has 0 aliphatic carbocycles. The van der Waals surface area contributed by atoms with Crippen LogP contribution in [0.1, 0.15) is 31.7 Å². The van der Waals surface area contributed by atoms with Crippen LogP contribution in [0.2, 0.25) is 0 Å². The first kappa shape index (κ1) is 11.1. The van der Waals surface area contributed by atoms with Crippen LogP contribution in [0.15, 0.2) is 24.4 Å². The molecule has 3 heteroatoms. The number of rotatable bonds is 3. The van der Waals surface area contributed by atoms with Gasteiger partial charge in [-0.1, -0.05) is 19.9 Å². The van der Waals surface area contributed by atoms with E-state index in [1.54, 1.807) is 6.07 Å². The summed E-state index contributed by atoms with van der Waals surface area (Å²) in [7, 11) is 0. The van der Waals surface area contributed by atoms with E-state index in [-0.39, 0.29) is 17.8 Å². The molecule has 2 atom stereocenters. The highest BCUT2D eigenvalue weighted by molar-refractivity contribution is 5.84. The monoisotopic (exact) mass is 220 g/mol. The molecule has 2 rings (SSSR count). The van der Waals surface area contributed by atoms with E-state index < -0.39 is 0 Å². The van der Waals surface area contributed by atoms with Crippen molar-refractivity contribution in [3.63, 3.8) is 0 Å². The molecule has 0 radical (unpaired) electrons. The average molecular weight is 220 g/mol. The van der Waals surface area contributed by atoms with Gasteiger partial charge in [0.1, 0.15) is 5.82 Å². The minimum atomic E-state index is -0.177. The normalized spacial score (nSPS) is 15.2. The summed E-state index contributed by atoms with van der Waals surface area (Å²) < 4.78 is 13.7.